The zero-order chi connectivity index (χ0) is 11.0. The van der Waals surface area contributed by atoms with Gasteiger partial charge in [0.05, 0.1) is 16.8 Å². The van der Waals surface area contributed by atoms with Crippen molar-refractivity contribution < 1.29 is 4.79 Å². The van der Waals surface area contributed by atoms with Crippen molar-refractivity contribution in [2.45, 2.75) is 12.8 Å². The maximum Gasteiger partial charge on any atom is 0.153 e. The van der Waals surface area contributed by atoms with Crippen molar-refractivity contribution in [2.75, 3.05) is 18.0 Å². The van der Waals surface area contributed by atoms with Gasteiger partial charge in [0.25, 0.3) is 0 Å². The van der Waals surface area contributed by atoms with Crippen LogP contribution in [0.2, 0.25) is 0 Å². The van der Waals surface area contributed by atoms with Crippen LogP contribution in [0.4, 0.5) is 5.69 Å². The molecule has 0 atom stereocenters. The van der Waals surface area contributed by atoms with E-state index in [9.17, 15) is 4.79 Å². The highest BCUT2D eigenvalue weighted by molar-refractivity contribution is 5.99. The number of pyridine rings is 1. The molecule has 4 nitrogen and oxygen atoms in total. The third-order valence-corrected chi connectivity index (χ3v) is 3.15. The highest BCUT2D eigenvalue weighted by atomic mass is 16.1. The molecule has 16 heavy (non-hydrogen) atoms. The summed E-state index contributed by atoms with van der Waals surface area (Å²) >= 11 is 0. The number of rotatable bonds is 2. The molecule has 0 amide bonds. The van der Waals surface area contributed by atoms with Crippen LogP contribution in [0.25, 0.3) is 11.0 Å². The summed E-state index contributed by atoms with van der Waals surface area (Å²) in [7, 11) is 0. The van der Waals surface area contributed by atoms with Gasteiger partial charge in [-0.15, -0.1) is 0 Å². The van der Waals surface area contributed by atoms with Gasteiger partial charge in [0.1, 0.15) is 5.52 Å². The molecule has 1 fully saturated rings. The molecule has 0 radical (unpaired) electrons. The summed E-state index contributed by atoms with van der Waals surface area (Å²) in [6.07, 6.45) is 6.83. The molecule has 1 aliphatic heterocycles. The zero-order valence-electron chi connectivity index (χ0n) is 8.94. The van der Waals surface area contributed by atoms with Crippen molar-refractivity contribution in [3.8, 4) is 0 Å². The molecule has 3 rings (SSSR count). The van der Waals surface area contributed by atoms with E-state index in [0.717, 1.165) is 36.1 Å². The second-order valence-corrected chi connectivity index (χ2v) is 4.11. The van der Waals surface area contributed by atoms with Crippen molar-refractivity contribution in [1.29, 1.82) is 0 Å². The number of fused-ring (bicyclic) bond motifs is 1. The molecule has 0 saturated carbocycles. The molecule has 2 aromatic rings. The van der Waals surface area contributed by atoms with Gasteiger partial charge < -0.3 is 9.88 Å². The minimum absolute atomic E-state index is 0.635. The Bertz CT molecular complexity index is 526. The normalized spacial score (nSPS) is 15.9. The van der Waals surface area contributed by atoms with Crippen molar-refractivity contribution in [1.82, 2.24) is 9.97 Å². The lowest BCUT2D eigenvalue weighted by atomic mass is 10.2. The SMILES string of the molecule is O=Cc1c[nH]c2c(N3CCCC3)ccnc12. The summed E-state index contributed by atoms with van der Waals surface area (Å²) in [4.78, 5) is 20.6. The molecule has 0 bridgehead atoms. The van der Waals surface area contributed by atoms with E-state index in [1.807, 2.05) is 6.07 Å². The Hall–Kier alpha value is -1.84. The van der Waals surface area contributed by atoms with Crippen LogP contribution in [-0.4, -0.2) is 29.3 Å². The topological polar surface area (TPSA) is 49.0 Å². The average Bonchev–Trinajstić information content (AvgIpc) is 2.97. The fourth-order valence-electron chi connectivity index (χ4n) is 2.34. The summed E-state index contributed by atoms with van der Waals surface area (Å²) in [5.74, 6) is 0. The van der Waals surface area contributed by atoms with E-state index >= 15 is 0 Å². The summed E-state index contributed by atoms with van der Waals surface area (Å²) in [6.45, 7) is 2.18. The highest BCUT2D eigenvalue weighted by Crippen LogP contribution is 2.28. The second kappa shape index (κ2) is 3.63. The zero-order valence-corrected chi connectivity index (χ0v) is 8.94. The number of anilines is 1. The van der Waals surface area contributed by atoms with Crippen LogP contribution in [0.3, 0.4) is 0 Å². The Labute approximate surface area is 93.3 Å². The lowest BCUT2D eigenvalue weighted by Gasteiger charge is -2.17. The molecule has 2 aromatic heterocycles. The Balaban J connectivity index is 2.17. The van der Waals surface area contributed by atoms with E-state index in [0.29, 0.717) is 5.56 Å². The average molecular weight is 215 g/mol. The molecule has 1 saturated heterocycles. The summed E-state index contributed by atoms with van der Waals surface area (Å²) in [5, 5.41) is 0. The fraction of sp³-hybridized carbons (Fsp3) is 0.333. The van der Waals surface area contributed by atoms with Gasteiger partial charge in [-0.05, 0) is 18.9 Å². The monoisotopic (exact) mass is 215 g/mol. The molecule has 0 unspecified atom stereocenters. The quantitative estimate of drug-likeness (QED) is 0.779. The van der Waals surface area contributed by atoms with Crippen LogP contribution in [0.1, 0.15) is 23.2 Å². The van der Waals surface area contributed by atoms with Crippen molar-refractivity contribution in [2.24, 2.45) is 0 Å². The fourth-order valence-corrected chi connectivity index (χ4v) is 2.34. The van der Waals surface area contributed by atoms with Gasteiger partial charge in [0, 0.05) is 25.5 Å². The molecule has 0 aliphatic carbocycles. The van der Waals surface area contributed by atoms with Crippen LogP contribution < -0.4 is 4.90 Å². The maximum atomic E-state index is 10.8. The molecule has 1 N–H and O–H groups in total. The van der Waals surface area contributed by atoms with Gasteiger partial charge in [-0.2, -0.15) is 0 Å². The van der Waals surface area contributed by atoms with E-state index in [4.69, 9.17) is 0 Å². The first-order valence-electron chi connectivity index (χ1n) is 5.56. The van der Waals surface area contributed by atoms with Crippen LogP contribution in [-0.2, 0) is 0 Å². The summed E-state index contributed by atoms with van der Waals surface area (Å²) in [5.41, 5.74) is 3.55. The lowest BCUT2D eigenvalue weighted by Crippen LogP contribution is -2.17. The molecule has 0 spiro atoms. The number of hydrogen-bond donors (Lipinski definition) is 1. The van der Waals surface area contributed by atoms with Gasteiger partial charge in [-0.25, -0.2) is 0 Å². The Kier molecular flexibility index (Phi) is 2.13. The highest BCUT2D eigenvalue weighted by Gasteiger charge is 2.16. The minimum Gasteiger partial charge on any atom is -0.370 e. The molecule has 3 heterocycles. The van der Waals surface area contributed by atoms with Gasteiger partial charge in [-0.1, -0.05) is 0 Å². The van der Waals surface area contributed by atoms with E-state index in [-0.39, 0.29) is 0 Å². The van der Waals surface area contributed by atoms with E-state index in [2.05, 4.69) is 14.9 Å². The number of aromatic amines is 1. The molecular formula is C12H13N3O. The molecule has 4 heteroatoms. The smallest absolute Gasteiger partial charge is 0.153 e. The number of H-pyrrole nitrogens is 1. The molecular weight excluding hydrogens is 202 g/mol. The van der Waals surface area contributed by atoms with Gasteiger partial charge in [0.15, 0.2) is 6.29 Å². The lowest BCUT2D eigenvalue weighted by molar-refractivity contribution is 0.112. The van der Waals surface area contributed by atoms with Crippen molar-refractivity contribution in [3.63, 3.8) is 0 Å². The minimum atomic E-state index is 0.635. The van der Waals surface area contributed by atoms with Crippen LogP contribution >= 0.6 is 0 Å². The summed E-state index contributed by atoms with van der Waals surface area (Å²) in [6, 6.07) is 2.01. The molecule has 0 aromatic carbocycles. The molecule has 1 aliphatic rings. The number of hydrogen-bond acceptors (Lipinski definition) is 3. The first-order chi connectivity index (χ1) is 7.90. The standard InChI is InChI=1S/C12H13N3O/c16-8-9-7-14-12-10(3-4-13-11(9)12)15-5-1-2-6-15/h3-4,7-8,14H,1-2,5-6H2. The van der Waals surface area contributed by atoms with Gasteiger partial charge >= 0.3 is 0 Å². The van der Waals surface area contributed by atoms with Crippen LogP contribution in [0, 0.1) is 0 Å². The maximum absolute atomic E-state index is 10.8. The predicted molar refractivity (Wildman–Crippen MR) is 62.9 cm³/mol. The number of aromatic nitrogens is 2. The Morgan fingerprint density at radius 3 is 2.94 bits per heavy atom. The number of aldehydes is 1. The van der Waals surface area contributed by atoms with Gasteiger partial charge in [0.2, 0.25) is 0 Å². The van der Waals surface area contributed by atoms with Crippen molar-refractivity contribution in [3.05, 3.63) is 24.0 Å². The van der Waals surface area contributed by atoms with E-state index < -0.39 is 0 Å². The Morgan fingerprint density at radius 1 is 1.38 bits per heavy atom. The van der Waals surface area contributed by atoms with Crippen LogP contribution in [0.5, 0.6) is 0 Å². The largest absolute Gasteiger partial charge is 0.370 e. The number of carbonyl (C=O) groups is 1. The Morgan fingerprint density at radius 2 is 2.19 bits per heavy atom. The number of nitrogens with one attached hydrogen (secondary N) is 1. The second-order valence-electron chi connectivity index (χ2n) is 4.11. The third kappa shape index (κ3) is 1.30. The first kappa shape index (κ1) is 9.39. The molecule has 82 valence electrons. The first-order valence-corrected chi connectivity index (χ1v) is 5.56. The van der Waals surface area contributed by atoms with Crippen molar-refractivity contribution >= 4 is 23.0 Å². The third-order valence-electron chi connectivity index (χ3n) is 3.15. The number of carbonyl (C=O) groups excluding carboxylic acids is 1. The summed E-state index contributed by atoms with van der Waals surface area (Å²) < 4.78 is 0. The van der Waals surface area contributed by atoms with E-state index in [1.54, 1.807) is 12.4 Å². The van der Waals surface area contributed by atoms with Crippen LogP contribution in [0.15, 0.2) is 18.5 Å². The predicted octanol–water partition coefficient (Wildman–Crippen LogP) is 1.98. The number of nitrogens with zero attached hydrogens (tertiary/aromatic N) is 2. The van der Waals surface area contributed by atoms with Gasteiger partial charge in [-0.3, -0.25) is 9.78 Å². The van der Waals surface area contributed by atoms with E-state index in [1.165, 1.54) is 12.8 Å².